The zero-order chi connectivity index (χ0) is 19.2. The molecule has 1 N–H and O–H groups in total. The lowest BCUT2D eigenvalue weighted by Crippen LogP contribution is -2.21. The van der Waals surface area contributed by atoms with Crippen LogP contribution in [0.25, 0.3) is 17.0 Å². The molecule has 0 aliphatic rings. The van der Waals surface area contributed by atoms with E-state index in [0.717, 1.165) is 33.3 Å². The van der Waals surface area contributed by atoms with E-state index < -0.39 is 5.97 Å². The summed E-state index contributed by atoms with van der Waals surface area (Å²) in [5.41, 5.74) is 4.27. The van der Waals surface area contributed by atoms with Crippen LogP contribution in [-0.2, 0) is 14.3 Å². The minimum absolute atomic E-state index is 0.343. The highest BCUT2D eigenvalue weighted by atomic mass is 16.5. The number of benzene rings is 2. The molecule has 3 aromatic rings. The zero-order valence-electron chi connectivity index (χ0n) is 15.2. The Morgan fingerprint density at radius 3 is 2.52 bits per heavy atom. The summed E-state index contributed by atoms with van der Waals surface area (Å²) in [6.07, 6.45) is 4.65. The molecule has 0 saturated heterocycles. The van der Waals surface area contributed by atoms with Gasteiger partial charge in [-0.25, -0.2) is 4.79 Å². The molecule has 0 unspecified atom stereocenters. The fourth-order valence-electron chi connectivity index (χ4n) is 2.79. The third-order valence-electron chi connectivity index (χ3n) is 4.15. The number of carbonyl (C=O) groups is 2. The number of aryl methyl sites for hydroxylation is 2. The van der Waals surface area contributed by atoms with E-state index in [-0.39, 0.29) is 12.5 Å². The Balaban J connectivity index is 1.59. The van der Waals surface area contributed by atoms with Crippen molar-refractivity contribution < 1.29 is 14.3 Å². The summed E-state index contributed by atoms with van der Waals surface area (Å²) in [4.78, 5) is 28.3. The number of ether oxygens (including phenoxy) is 1. The van der Waals surface area contributed by atoms with Gasteiger partial charge in [-0.3, -0.25) is 9.78 Å². The van der Waals surface area contributed by atoms with Gasteiger partial charge in [-0.2, -0.15) is 0 Å². The largest absolute Gasteiger partial charge is 0.452 e. The van der Waals surface area contributed by atoms with Crippen LogP contribution in [0, 0.1) is 13.8 Å². The van der Waals surface area contributed by atoms with E-state index in [9.17, 15) is 9.59 Å². The number of nitrogens with zero attached hydrogens (tertiary/aromatic N) is 1. The van der Waals surface area contributed by atoms with E-state index in [1.807, 2.05) is 62.4 Å². The maximum Gasteiger partial charge on any atom is 0.331 e. The summed E-state index contributed by atoms with van der Waals surface area (Å²) < 4.78 is 5.03. The van der Waals surface area contributed by atoms with Gasteiger partial charge >= 0.3 is 5.97 Å². The number of hydrogen-bond donors (Lipinski definition) is 1. The number of fused-ring (bicyclic) bond motifs is 1. The van der Waals surface area contributed by atoms with Crippen molar-refractivity contribution in [3.8, 4) is 0 Å². The minimum atomic E-state index is -0.584. The van der Waals surface area contributed by atoms with E-state index in [1.165, 1.54) is 6.08 Å². The number of nitrogens with one attached hydrogen (secondary N) is 1. The lowest BCUT2D eigenvalue weighted by atomic mass is 10.1. The van der Waals surface area contributed by atoms with Crippen molar-refractivity contribution in [1.29, 1.82) is 0 Å². The number of pyridine rings is 1. The average molecular weight is 360 g/mol. The van der Waals surface area contributed by atoms with Crippen LogP contribution in [0.15, 0.2) is 60.8 Å². The van der Waals surface area contributed by atoms with Gasteiger partial charge in [-0.1, -0.05) is 42.5 Å². The number of esters is 1. The molecule has 3 rings (SSSR count). The monoisotopic (exact) mass is 360 g/mol. The summed E-state index contributed by atoms with van der Waals surface area (Å²) in [7, 11) is 0. The van der Waals surface area contributed by atoms with Crippen molar-refractivity contribution in [2.45, 2.75) is 13.8 Å². The molecule has 5 heteroatoms. The van der Waals surface area contributed by atoms with E-state index >= 15 is 0 Å². The molecule has 1 aromatic heterocycles. The molecule has 27 heavy (non-hydrogen) atoms. The molecule has 136 valence electrons. The molecular weight excluding hydrogens is 340 g/mol. The second-order valence-electron chi connectivity index (χ2n) is 6.18. The van der Waals surface area contributed by atoms with Gasteiger partial charge < -0.3 is 10.1 Å². The Morgan fingerprint density at radius 2 is 1.74 bits per heavy atom. The molecule has 0 saturated carbocycles. The first-order valence-corrected chi connectivity index (χ1v) is 8.59. The molecule has 0 radical (unpaired) electrons. The molecular formula is C22H20N2O3. The van der Waals surface area contributed by atoms with Crippen molar-refractivity contribution in [3.63, 3.8) is 0 Å². The van der Waals surface area contributed by atoms with Crippen molar-refractivity contribution in [3.05, 3.63) is 77.5 Å². The average Bonchev–Trinajstić information content (AvgIpc) is 2.67. The van der Waals surface area contributed by atoms with Crippen molar-refractivity contribution in [2.75, 3.05) is 11.9 Å². The number of anilines is 1. The highest BCUT2D eigenvalue weighted by molar-refractivity contribution is 5.96. The molecule has 5 nitrogen and oxygen atoms in total. The Labute approximate surface area is 157 Å². The third kappa shape index (κ3) is 4.58. The maximum atomic E-state index is 12.0. The fourth-order valence-corrected chi connectivity index (χ4v) is 2.79. The molecule has 1 amide bonds. The summed E-state index contributed by atoms with van der Waals surface area (Å²) in [5, 5.41) is 3.77. The molecule has 0 fully saturated rings. The van der Waals surface area contributed by atoms with Crippen LogP contribution in [-0.4, -0.2) is 23.5 Å². The Kier molecular flexibility index (Phi) is 5.61. The standard InChI is InChI=1S/C22H20N2O3/c1-15-6-3-7-16(2)21(15)24-19(25)14-27-20(26)12-11-18-9-4-8-17-10-5-13-23-22(17)18/h3-13H,14H2,1-2H3,(H,24,25)/b12-11+. The number of hydrogen-bond acceptors (Lipinski definition) is 4. The highest BCUT2D eigenvalue weighted by Crippen LogP contribution is 2.19. The second-order valence-corrected chi connectivity index (χ2v) is 6.18. The first-order valence-electron chi connectivity index (χ1n) is 8.59. The Bertz CT molecular complexity index is 999. The predicted octanol–water partition coefficient (Wildman–Crippen LogP) is 4.05. The number of para-hydroxylation sites is 2. The predicted molar refractivity (Wildman–Crippen MR) is 106 cm³/mol. The molecule has 1 heterocycles. The fraction of sp³-hybridized carbons (Fsp3) is 0.136. The first kappa shape index (κ1) is 18.3. The van der Waals surface area contributed by atoms with Crippen LogP contribution in [0.2, 0.25) is 0 Å². The summed E-state index contributed by atoms with van der Waals surface area (Å²) in [6.45, 7) is 3.48. The number of carbonyl (C=O) groups excluding carboxylic acids is 2. The van der Waals surface area contributed by atoms with Gasteiger partial charge in [-0.15, -0.1) is 0 Å². The lowest BCUT2D eigenvalue weighted by molar-refractivity contribution is -0.142. The SMILES string of the molecule is Cc1cccc(C)c1NC(=O)COC(=O)/C=C/c1cccc2cccnc12. The van der Waals surface area contributed by atoms with Crippen LogP contribution in [0.1, 0.15) is 16.7 Å². The highest BCUT2D eigenvalue weighted by Gasteiger charge is 2.09. The zero-order valence-corrected chi connectivity index (χ0v) is 15.2. The van der Waals surface area contributed by atoms with E-state index in [0.29, 0.717) is 0 Å². The Hall–Kier alpha value is -3.47. The molecule has 0 aliphatic carbocycles. The smallest absolute Gasteiger partial charge is 0.331 e. The molecule has 2 aromatic carbocycles. The van der Waals surface area contributed by atoms with Crippen LogP contribution in [0.5, 0.6) is 0 Å². The first-order chi connectivity index (χ1) is 13.0. The minimum Gasteiger partial charge on any atom is -0.452 e. The maximum absolute atomic E-state index is 12.0. The molecule has 0 aliphatic heterocycles. The van der Waals surface area contributed by atoms with Gasteiger partial charge in [0.1, 0.15) is 0 Å². The molecule has 0 atom stereocenters. The Morgan fingerprint density at radius 1 is 1.04 bits per heavy atom. The topological polar surface area (TPSA) is 68.3 Å². The van der Waals surface area contributed by atoms with E-state index in [2.05, 4.69) is 10.3 Å². The van der Waals surface area contributed by atoms with E-state index in [4.69, 9.17) is 4.74 Å². The van der Waals surface area contributed by atoms with Crippen LogP contribution in [0.4, 0.5) is 5.69 Å². The van der Waals surface area contributed by atoms with Gasteiger partial charge in [0.05, 0.1) is 5.52 Å². The van der Waals surface area contributed by atoms with Gasteiger partial charge in [0, 0.05) is 28.9 Å². The van der Waals surface area contributed by atoms with Gasteiger partial charge in [0.15, 0.2) is 6.61 Å². The summed E-state index contributed by atoms with van der Waals surface area (Å²) >= 11 is 0. The van der Waals surface area contributed by atoms with Crippen molar-refractivity contribution >= 4 is 34.5 Å². The lowest BCUT2D eigenvalue weighted by Gasteiger charge is -2.11. The van der Waals surface area contributed by atoms with Crippen LogP contribution >= 0.6 is 0 Å². The molecule has 0 bridgehead atoms. The van der Waals surface area contributed by atoms with Crippen LogP contribution in [0.3, 0.4) is 0 Å². The van der Waals surface area contributed by atoms with E-state index in [1.54, 1.807) is 12.3 Å². The van der Waals surface area contributed by atoms with Crippen LogP contribution < -0.4 is 5.32 Å². The number of rotatable bonds is 5. The number of aromatic nitrogens is 1. The van der Waals surface area contributed by atoms with Crippen molar-refractivity contribution in [2.24, 2.45) is 0 Å². The third-order valence-corrected chi connectivity index (χ3v) is 4.15. The second kappa shape index (κ2) is 8.27. The molecule has 0 spiro atoms. The summed E-state index contributed by atoms with van der Waals surface area (Å²) in [5.74, 6) is -0.958. The van der Waals surface area contributed by atoms with Gasteiger partial charge in [0.2, 0.25) is 0 Å². The van der Waals surface area contributed by atoms with Gasteiger partial charge in [-0.05, 0) is 37.1 Å². The van der Waals surface area contributed by atoms with Crippen molar-refractivity contribution in [1.82, 2.24) is 4.98 Å². The van der Waals surface area contributed by atoms with Gasteiger partial charge in [0.25, 0.3) is 5.91 Å². The summed E-state index contributed by atoms with van der Waals surface area (Å²) in [6, 6.07) is 15.3. The number of amides is 1. The normalized spacial score (nSPS) is 10.9. The quantitative estimate of drug-likeness (QED) is 0.551.